The lowest BCUT2D eigenvalue weighted by molar-refractivity contribution is -0.125. The van der Waals surface area contributed by atoms with E-state index >= 15 is 0 Å². The fourth-order valence-corrected chi connectivity index (χ4v) is 5.77. The quantitative estimate of drug-likeness (QED) is 0.761. The van der Waals surface area contributed by atoms with Crippen LogP contribution in [0.5, 0.6) is 0 Å². The van der Waals surface area contributed by atoms with E-state index in [0.29, 0.717) is 0 Å². The summed E-state index contributed by atoms with van der Waals surface area (Å²) in [6.07, 6.45) is 8.54. The predicted octanol–water partition coefficient (Wildman–Crippen LogP) is 2.69. The molecule has 2 aliphatic heterocycles. The smallest absolute Gasteiger partial charge is 0.263 e. The summed E-state index contributed by atoms with van der Waals surface area (Å²) in [6, 6.07) is 2.06. The van der Waals surface area contributed by atoms with Crippen molar-refractivity contribution in [2.75, 3.05) is 39.3 Å². The number of nitrogens with zero attached hydrogens (tertiary/aromatic N) is 2. The van der Waals surface area contributed by atoms with E-state index in [4.69, 9.17) is 0 Å². The van der Waals surface area contributed by atoms with Crippen molar-refractivity contribution < 1.29 is 9.59 Å². The third-order valence-corrected chi connectivity index (χ3v) is 7.43. The summed E-state index contributed by atoms with van der Waals surface area (Å²) in [4.78, 5) is 31.8. The first-order valence-corrected chi connectivity index (χ1v) is 11.4. The Kier molecular flexibility index (Phi) is 6.13. The van der Waals surface area contributed by atoms with Crippen LogP contribution in [-0.4, -0.2) is 60.9 Å². The number of hydrogen-bond acceptors (Lipinski definition) is 4. The molecule has 6 heteroatoms. The van der Waals surface area contributed by atoms with Gasteiger partial charge in [-0.15, -0.1) is 11.3 Å². The lowest BCUT2D eigenvalue weighted by atomic mass is 9.87. The molecule has 2 saturated heterocycles. The molecule has 27 heavy (non-hydrogen) atoms. The van der Waals surface area contributed by atoms with Gasteiger partial charge in [0.05, 0.1) is 4.88 Å². The number of rotatable bonds is 6. The Morgan fingerprint density at radius 3 is 2.63 bits per heavy atom. The molecule has 0 unspecified atom stereocenters. The highest BCUT2D eigenvalue weighted by Crippen LogP contribution is 2.33. The van der Waals surface area contributed by atoms with Gasteiger partial charge in [-0.25, -0.2) is 0 Å². The average Bonchev–Trinajstić information content (AvgIpc) is 3.45. The van der Waals surface area contributed by atoms with E-state index < -0.39 is 0 Å². The Hall–Kier alpha value is -1.40. The fraction of sp³-hybridized carbons (Fsp3) is 0.714. The number of nitrogens with one attached hydrogen (secondary N) is 1. The Morgan fingerprint density at radius 2 is 1.85 bits per heavy atom. The third-order valence-electron chi connectivity index (χ3n) is 6.21. The van der Waals surface area contributed by atoms with E-state index in [-0.39, 0.29) is 17.7 Å². The number of hydrogen-bond donors (Lipinski definition) is 1. The molecule has 0 spiro atoms. The molecule has 4 rings (SSSR count). The minimum Gasteiger partial charge on any atom is -0.356 e. The van der Waals surface area contributed by atoms with Gasteiger partial charge in [0.25, 0.3) is 5.91 Å². The largest absolute Gasteiger partial charge is 0.356 e. The molecule has 1 aromatic rings. The highest BCUT2D eigenvalue weighted by atomic mass is 32.1. The molecule has 0 radical (unpaired) electrons. The second-order valence-electron chi connectivity index (χ2n) is 8.19. The van der Waals surface area contributed by atoms with Crippen LogP contribution in [0.3, 0.4) is 0 Å². The minimum absolute atomic E-state index is 0.0635. The Bertz CT molecular complexity index is 675. The van der Waals surface area contributed by atoms with Gasteiger partial charge in [0.1, 0.15) is 0 Å². The van der Waals surface area contributed by atoms with Crippen LogP contribution in [0.15, 0.2) is 6.07 Å². The fourth-order valence-electron chi connectivity index (χ4n) is 4.59. The lowest BCUT2D eigenvalue weighted by Crippen LogP contribution is -2.35. The summed E-state index contributed by atoms with van der Waals surface area (Å²) in [7, 11) is 0. The second kappa shape index (κ2) is 8.74. The summed E-state index contributed by atoms with van der Waals surface area (Å²) < 4.78 is 0. The number of fused-ring (bicyclic) bond motifs is 1. The first-order chi connectivity index (χ1) is 13.2. The molecule has 3 aliphatic rings. The van der Waals surface area contributed by atoms with Crippen LogP contribution < -0.4 is 5.32 Å². The van der Waals surface area contributed by atoms with Crippen molar-refractivity contribution in [3.05, 3.63) is 21.4 Å². The Morgan fingerprint density at radius 1 is 1.11 bits per heavy atom. The molecule has 0 saturated carbocycles. The molecule has 0 aromatic carbocycles. The summed E-state index contributed by atoms with van der Waals surface area (Å²) in [5.74, 6) is 0.448. The van der Waals surface area contributed by atoms with Gasteiger partial charge >= 0.3 is 0 Å². The van der Waals surface area contributed by atoms with Gasteiger partial charge in [-0.05, 0) is 82.6 Å². The number of amides is 2. The first kappa shape index (κ1) is 18.9. The highest BCUT2D eigenvalue weighted by molar-refractivity contribution is 7.14. The molecule has 5 nitrogen and oxygen atoms in total. The number of likely N-dealkylation sites (tertiary alicyclic amines) is 2. The van der Waals surface area contributed by atoms with Gasteiger partial charge in [-0.1, -0.05) is 0 Å². The van der Waals surface area contributed by atoms with E-state index in [0.717, 1.165) is 69.6 Å². The van der Waals surface area contributed by atoms with Gasteiger partial charge < -0.3 is 15.1 Å². The average molecular weight is 390 g/mol. The van der Waals surface area contributed by atoms with E-state index in [1.165, 1.54) is 36.4 Å². The molecule has 148 valence electrons. The van der Waals surface area contributed by atoms with Gasteiger partial charge in [-0.3, -0.25) is 9.59 Å². The van der Waals surface area contributed by atoms with Crippen molar-refractivity contribution in [2.24, 2.45) is 5.92 Å². The molecule has 1 aromatic heterocycles. The van der Waals surface area contributed by atoms with Crippen molar-refractivity contribution in [2.45, 2.75) is 51.4 Å². The van der Waals surface area contributed by atoms with Gasteiger partial charge in [-0.2, -0.15) is 0 Å². The zero-order chi connectivity index (χ0) is 18.6. The Labute approximate surface area is 166 Å². The van der Waals surface area contributed by atoms with Crippen molar-refractivity contribution >= 4 is 23.2 Å². The van der Waals surface area contributed by atoms with Crippen LogP contribution in [0.2, 0.25) is 0 Å². The van der Waals surface area contributed by atoms with Crippen molar-refractivity contribution in [3.63, 3.8) is 0 Å². The standard InChI is InChI=1S/C21H31N3O2S/c25-20(22-8-5-11-23-9-1-2-10-23)16-6-7-18-17(14-16)15-19(27-18)21(26)24-12-3-4-13-24/h15-16H,1-14H2,(H,22,25)/t16-/m0/s1. The number of aryl methyl sites for hydroxylation is 1. The number of thiophene rings is 1. The van der Waals surface area contributed by atoms with E-state index in [2.05, 4.69) is 16.3 Å². The van der Waals surface area contributed by atoms with Crippen molar-refractivity contribution in [3.8, 4) is 0 Å². The first-order valence-electron chi connectivity index (χ1n) is 10.6. The third kappa shape index (κ3) is 4.54. The molecule has 2 fully saturated rings. The molecule has 1 atom stereocenters. The topological polar surface area (TPSA) is 52.7 Å². The summed E-state index contributed by atoms with van der Waals surface area (Å²) in [5, 5.41) is 3.14. The van der Waals surface area contributed by atoms with Gasteiger partial charge in [0.2, 0.25) is 5.91 Å². The van der Waals surface area contributed by atoms with Crippen LogP contribution in [0, 0.1) is 5.92 Å². The maximum atomic E-state index is 12.6. The monoisotopic (exact) mass is 389 g/mol. The van der Waals surface area contributed by atoms with Crippen LogP contribution in [0.4, 0.5) is 0 Å². The Balaban J connectivity index is 1.26. The highest BCUT2D eigenvalue weighted by Gasteiger charge is 2.29. The van der Waals surface area contributed by atoms with Crippen LogP contribution in [0.1, 0.15) is 58.6 Å². The van der Waals surface area contributed by atoms with Crippen molar-refractivity contribution in [1.82, 2.24) is 15.1 Å². The summed E-state index contributed by atoms with van der Waals surface area (Å²) >= 11 is 1.65. The van der Waals surface area contributed by atoms with Crippen molar-refractivity contribution in [1.29, 1.82) is 0 Å². The zero-order valence-electron chi connectivity index (χ0n) is 16.2. The molecule has 3 heterocycles. The van der Waals surface area contributed by atoms with Crippen LogP contribution in [0.25, 0.3) is 0 Å². The zero-order valence-corrected chi connectivity index (χ0v) is 17.0. The summed E-state index contributed by atoms with van der Waals surface area (Å²) in [5.41, 5.74) is 1.23. The molecular weight excluding hydrogens is 358 g/mol. The van der Waals surface area contributed by atoms with Gasteiger partial charge in [0.15, 0.2) is 0 Å². The van der Waals surface area contributed by atoms with Crippen LogP contribution in [-0.2, 0) is 17.6 Å². The van der Waals surface area contributed by atoms with Gasteiger partial charge in [0, 0.05) is 30.4 Å². The number of carbonyl (C=O) groups excluding carboxylic acids is 2. The molecule has 2 amide bonds. The minimum atomic E-state index is 0.0635. The lowest BCUT2D eigenvalue weighted by Gasteiger charge is -2.21. The maximum absolute atomic E-state index is 12.6. The van der Waals surface area contributed by atoms with E-state index in [1.54, 1.807) is 11.3 Å². The van der Waals surface area contributed by atoms with E-state index in [1.807, 2.05) is 4.90 Å². The SMILES string of the molecule is O=C(NCCCN1CCCC1)[C@H]1CCc2sc(C(=O)N3CCCC3)cc2C1. The summed E-state index contributed by atoms with van der Waals surface area (Å²) in [6.45, 7) is 6.10. The normalized spacial score (nSPS) is 22.8. The molecular formula is C21H31N3O2S. The van der Waals surface area contributed by atoms with E-state index in [9.17, 15) is 9.59 Å². The molecule has 1 N–H and O–H groups in total. The molecule has 0 bridgehead atoms. The maximum Gasteiger partial charge on any atom is 0.263 e. The number of carbonyl (C=O) groups is 2. The van der Waals surface area contributed by atoms with Crippen LogP contribution >= 0.6 is 11.3 Å². The molecule has 1 aliphatic carbocycles. The predicted molar refractivity (Wildman–Crippen MR) is 108 cm³/mol. The second-order valence-corrected chi connectivity index (χ2v) is 9.33.